The van der Waals surface area contributed by atoms with Gasteiger partial charge in [0.2, 0.25) is 5.75 Å². The number of phenolic OH excluding ortho intramolecular Hbond substituents is 2. The van der Waals surface area contributed by atoms with Gasteiger partial charge in [-0.15, -0.1) is 0 Å². The van der Waals surface area contributed by atoms with Crippen molar-refractivity contribution >= 4 is 11.9 Å². The topological polar surface area (TPSA) is 85.2 Å². The van der Waals surface area contributed by atoms with Crippen molar-refractivity contribution in [1.82, 2.24) is 0 Å². The largest absolute Gasteiger partial charge is 0.507 e. The lowest BCUT2D eigenvalue weighted by Crippen LogP contribution is -2.19. The average molecular weight is 328 g/mol. The maximum atomic E-state index is 12.7. The van der Waals surface area contributed by atoms with Crippen LogP contribution in [0.25, 0.3) is 6.08 Å². The molecule has 2 aromatic carbocycles. The van der Waals surface area contributed by atoms with Gasteiger partial charge in [0.25, 0.3) is 0 Å². The van der Waals surface area contributed by atoms with E-state index in [1.807, 2.05) is 12.1 Å². The summed E-state index contributed by atoms with van der Waals surface area (Å²) in [5.41, 5.74) is 1.17. The van der Waals surface area contributed by atoms with Gasteiger partial charge >= 0.3 is 0 Å². The van der Waals surface area contributed by atoms with E-state index in [2.05, 4.69) is 0 Å². The van der Waals surface area contributed by atoms with E-state index in [-0.39, 0.29) is 41.0 Å². The van der Waals surface area contributed by atoms with E-state index in [1.54, 1.807) is 25.3 Å². The van der Waals surface area contributed by atoms with Gasteiger partial charge < -0.3 is 24.4 Å². The second-order valence-electron chi connectivity index (χ2n) is 5.21. The summed E-state index contributed by atoms with van der Waals surface area (Å²) in [5.74, 6) is -0.223. The van der Waals surface area contributed by atoms with Gasteiger partial charge in [-0.25, -0.2) is 0 Å². The fourth-order valence-electron chi connectivity index (χ4n) is 2.55. The number of Topliss-reactive ketones (excluding diaryl/α,β-unsaturated/α-hetero) is 1. The molecule has 2 N–H and O–H groups in total. The quantitative estimate of drug-likeness (QED) is 0.843. The van der Waals surface area contributed by atoms with Crippen LogP contribution in [0, 0.1) is 0 Å². The minimum atomic E-state index is -0.372. The Balaban J connectivity index is 2.01. The minimum Gasteiger partial charge on any atom is -0.507 e. The van der Waals surface area contributed by atoms with Crippen molar-refractivity contribution in [2.24, 2.45) is 0 Å². The second kappa shape index (κ2) is 6.16. The molecule has 24 heavy (non-hydrogen) atoms. The first-order valence-corrected chi connectivity index (χ1v) is 7.20. The first kappa shape index (κ1) is 15.7. The normalized spacial score (nSPS) is 14.9. The van der Waals surface area contributed by atoms with Crippen molar-refractivity contribution in [1.29, 1.82) is 0 Å². The molecule has 0 atom stereocenters. The molecule has 0 spiro atoms. The zero-order chi connectivity index (χ0) is 17.3. The van der Waals surface area contributed by atoms with Crippen LogP contribution in [0.4, 0.5) is 0 Å². The van der Waals surface area contributed by atoms with E-state index in [0.29, 0.717) is 11.3 Å². The highest BCUT2D eigenvalue weighted by atomic mass is 16.5. The maximum absolute atomic E-state index is 12.7. The molecule has 0 saturated heterocycles. The molecule has 124 valence electrons. The minimum absolute atomic E-state index is 0.0110. The first-order chi connectivity index (χ1) is 11.5. The average Bonchev–Trinajstić information content (AvgIpc) is 2.58. The molecule has 0 unspecified atom stereocenters. The lowest BCUT2D eigenvalue weighted by atomic mass is 9.96. The molecule has 0 radical (unpaired) electrons. The van der Waals surface area contributed by atoms with Crippen molar-refractivity contribution in [2.75, 3.05) is 20.8 Å². The van der Waals surface area contributed by atoms with E-state index in [9.17, 15) is 15.0 Å². The van der Waals surface area contributed by atoms with Crippen LogP contribution in [0.5, 0.6) is 28.7 Å². The number of hydrogen-bond donors (Lipinski definition) is 2. The number of hydrogen-bond acceptors (Lipinski definition) is 6. The van der Waals surface area contributed by atoms with Gasteiger partial charge in [0.15, 0.2) is 17.3 Å². The molecule has 0 saturated carbocycles. The van der Waals surface area contributed by atoms with E-state index in [0.717, 1.165) is 11.6 Å². The summed E-state index contributed by atoms with van der Waals surface area (Å²) in [6, 6.07) is 8.26. The number of aromatic hydroxyl groups is 2. The van der Waals surface area contributed by atoms with Crippen LogP contribution >= 0.6 is 0 Å². The monoisotopic (exact) mass is 328 g/mol. The molecule has 0 bridgehead atoms. The van der Waals surface area contributed by atoms with Crippen molar-refractivity contribution in [3.05, 3.63) is 47.0 Å². The number of benzene rings is 2. The molecule has 0 fully saturated rings. The number of ketones is 1. The number of fused-ring (bicyclic) bond motifs is 1. The molecule has 1 aliphatic rings. The first-order valence-electron chi connectivity index (χ1n) is 7.20. The second-order valence-corrected chi connectivity index (χ2v) is 5.21. The van der Waals surface area contributed by atoms with E-state index in [4.69, 9.17) is 14.2 Å². The Kier molecular flexibility index (Phi) is 4.04. The van der Waals surface area contributed by atoms with Gasteiger partial charge in [-0.05, 0) is 23.8 Å². The fourth-order valence-corrected chi connectivity index (χ4v) is 2.55. The van der Waals surface area contributed by atoms with Crippen LogP contribution in [0.2, 0.25) is 0 Å². The summed E-state index contributed by atoms with van der Waals surface area (Å²) in [6.07, 6.45) is 1.68. The lowest BCUT2D eigenvalue weighted by Gasteiger charge is -2.22. The summed E-state index contributed by atoms with van der Waals surface area (Å²) < 4.78 is 15.7. The Bertz CT molecular complexity index is 820. The van der Waals surface area contributed by atoms with Crippen molar-refractivity contribution in [3.63, 3.8) is 0 Å². The molecular formula is C18H16O6. The molecule has 3 rings (SSSR count). The summed E-state index contributed by atoms with van der Waals surface area (Å²) in [4.78, 5) is 12.7. The Hall–Kier alpha value is -3.15. The summed E-state index contributed by atoms with van der Waals surface area (Å²) in [6.45, 7) is 0.0110. The zero-order valence-electron chi connectivity index (χ0n) is 13.2. The van der Waals surface area contributed by atoms with Crippen LogP contribution in [-0.2, 0) is 0 Å². The van der Waals surface area contributed by atoms with E-state index >= 15 is 0 Å². The number of rotatable bonds is 3. The Morgan fingerprint density at radius 1 is 1.08 bits per heavy atom. The third-order valence-electron chi connectivity index (χ3n) is 3.75. The summed E-state index contributed by atoms with van der Waals surface area (Å²) in [7, 11) is 2.93. The highest BCUT2D eigenvalue weighted by Gasteiger charge is 2.31. The van der Waals surface area contributed by atoms with Crippen LogP contribution in [0.3, 0.4) is 0 Å². The lowest BCUT2D eigenvalue weighted by molar-refractivity contribution is 0.0995. The standard InChI is InChI=1S/C18H16O6/c1-22-12-5-3-10(4-6-12)7-11-9-24-18-15(16(11)21)13(19)8-14(20)17(18)23-2/h3-8,19-20H,9H2,1-2H3. The predicted octanol–water partition coefficient (Wildman–Crippen LogP) is 2.77. The number of methoxy groups -OCH3 is 2. The molecule has 6 nitrogen and oxygen atoms in total. The van der Waals surface area contributed by atoms with Gasteiger partial charge in [0.05, 0.1) is 14.2 Å². The Morgan fingerprint density at radius 3 is 2.42 bits per heavy atom. The number of ether oxygens (including phenoxy) is 3. The predicted molar refractivity (Wildman–Crippen MR) is 87.1 cm³/mol. The van der Waals surface area contributed by atoms with Crippen molar-refractivity contribution in [2.45, 2.75) is 0 Å². The molecule has 2 aromatic rings. The fraction of sp³-hybridized carbons (Fsp3) is 0.167. The van der Waals surface area contributed by atoms with Crippen molar-refractivity contribution < 1.29 is 29.2 Å². The maximum Gasteiger partial charge on any atom is 0.204 e. The highest BCUT2D eigenvalue weighted by molar-refractivity contribution is 6.16. The van der Waals surface area contributed by atoms with Gasteiger partial charge in [-0.1, -0.05) is 12.1 Å². The van der Waals surface area contributed by atoms with E-state index in [1.165, 1.54) is 7.11 Å². The SMILES string of the molecule is COc1ccc(C=C2COc3c(OC)c(O)cc(O)c3C2=O)cc1. The van der Waals surface area contributed by atoms with E-state index < -0.39 is 0 Å². The molecule has 0 aliphatic carbocycles. The van der Waals surface area contributed by atoms with Gasteiger partial charge in [0, 0.05) is 11.6 Å². The van der Waals surface area contributed by atoms with Gasteiger partial charge in [-0.2, -0.15) is 0 Å². The van der Waals surface area contributed by atoms with Gasteiger partial charge in [0.1, 0.15) is 23.7 Å². The smallest absolute Gasteiger partial charge is 0.204 e. The molecule has 1 heterocycles. The van der Waals surface area contributed by atoms with Crippen LogP contribution in [0.15, 0.2) is 35.9 Å². The third kappa shape index (κ3) is 2.62. The Morgan fingerprint density at radius 2 is 1.79 bits per heavy atom. The number of phenols is 2. The zero-order valence-corrected chi connectivity index (χ0v) is 13.2. The van der Waals surface area contributed by atoms with Gasteiger partial charge in [-0.3, -0.25) is 4.79 Å². The van der Waals surface area contributed by atoms with Crippen molar-refractivity contribution in [3.8, 4) is 28.7 Å². The molecular weight excluding hydrogens is 312 g/mol. The van der Waals surface area contributed by atoms with Crippen LogP contribution in [0.1, 0.15) is 15.9 Å². The number of carbonyl (C=O) groups is 1. The summed E-state index contributed by atoms with van der Waals surface area (Å²) in [5, 5.41) is 19.8. The van der Waals surface area contributed by atoms with Crippen LogP contribution < -0.4 is 14.2 Å². The summed E-state index contributed by atoms with van der Waals surface area (Å²) >= 11 is 0. The third-order valence-corrected chi connectivity index (χ3v) is 3.75. The number of carbonyl (C=O) groups excluding carboxylic acids is 1. The van der Waals surface area contributed by atoms with Crippen LogP contribution in [-0.4, -0.2) is 36.8 Å². The highest BCUT2D eigenvalue weighted by Crippen LogP contribution is 2.47. The molecule has 0 amide bonds. The Labute approximate surface area is 138 Å². The molecule has 6 heteroatoms. The molecule has 1 aliphatic heterocycles. The molecule has 0 aromatic heterocycles.